The van der Waals surface area contributed by atoms with Crippen molar-refractivity contribution in [3.63, 3.8) is 0 Å². The van der Waals surface area contributed by atoms with Crippen LogP contribution in [0.1, 0.15) is 102 Å². The maximum atomic E-state index is 14.2. The number of amides is 1. The molecule has 5 aliphatic rings. The van der Waals surface area contributed by atoms with Gasteiger partial charge in [0.1, 0.15) is 11.4 Å². The zero-order valence-corrected chi connectivity index (χ0v) is 37.5. The topological polar surface area (TPSA) is 101 Å². The number of nitrogens with one attached hydrogen (secondary N) is 1. The van der Waals surface area contributed by atoms with Gasteiger partial charge in [-0.05, 0) is 131 Å². The van der Waals surface area contributed by atoms with E-state index in [1.807, 2.05) is 25.1 Å². The number of anilines is 1. The molecule has 3 aliphatic heterocycles. The number of piperazine rings is 1. The molecule has 320 valence electrons. The van der Waals surface area contributed by atoms with E-state index in [1.165, 1.54) is 11.1 Å². The van der Waals surface area contributed by atoms with Crippen LogP contribution in [0.15, 0.2) is 48.6 Å². The van der Waals surface area contributed by atoms with Gasteiger partial charge >= 0.3 is 0 Å². The quantitative estimate of drug-likeness (QED) is 0.272. The molecular weight excluding hydrogens is 772 g/mol. The molecule has 1 spiro atoms. The Morgan fingerprint density at radius 1 is 1.09 bits per heavy atom. The maximum absolute atomic E-state index is 14.2. The highest BCUT2D eigenvalue weighted by atomic mass is 35.5. The van der Waals surface area contributed by atoms with Crippen LogP contribution in [0, 0.1) is 17.3 Å². The Kier molecular flexibility index (Phi) is 13.0. The minimum atomic E-state index is -4.08. The predicted molar refractivity (Wildman–Crippen MR) is 233 cm³/mol. The number of hydrogen-bond donors (Lipinski definition) is 1. The average Bonchev–Trinajstić information content (AvgIpc) is 3.30. The lowest BCUT2D eigenvalue weighted by molar-refractivity contribution is -0.144. The molecule has 2 aromatic carbocycles. The van der Waals surface area contributed by atoms with Crippen LogP contribution < -0.4 is 14.4 Å². The number of allylic oxidation sites excluding steroid dienone is 1. The smallest absolute Gasteiger partial charge is 0.264 e. The Bertz CT molecular complexity index is 1940. The number of sulfonamides is 1. The van der Waals surface area contributed by atoms with Crippen molar-refractivity contribution in [2.24, 2.45) is 17.3 Å². The number of benzene rings is 2. The van der Waals surface area contributed by atoms with Crippen LogP contribution in [0.2, 0.25) is 5.02 Å². The summed E-state index contributed by atoms with van der Waals surface area (Å²) in [7, 11) is -2.51. The molecule has 1 amide bonds. The first-order valence-corrected chi connectivity index (χ1v) is 23.7. The van der Waals surface area contributed by atoms with Crippen molar-refractivity contribution in [2.75, 3.05) is 71.1 Å². The standard InChI is InChI=1S/C46H67ClN4O6S/c1-8-57-46(30-49-22-23-51(32(2)3)34(5)27-49)20-9-11-33(4)41(18-24-55-7)58(53,54)48-43(52)36-13-16-40-39(26-36)50(28-44(6)21-17-42(44)46)29-45(31-56-40)19-10-12-35-25-37(47)14-15-38(35)45/h9,13-16,20,25-26,32-34,41-42H,8,10-12,17-19,21-24,27-31H2,1-7H3,(H,48,52)/b20-9+/t33-,34+,41+,42+,44?,45-,46-/m0/s1. The Labute approximate surface area is 353 Å². The van der Waals surface area contributed by atoms with Crippen molar-refractivity contribution in [3.8, 4) is 5.75 Å². The molecule has 1 saturated heterocycles. The number of carbonyl (C=O) groups is 1. The number of fused-ring (bicyclic) bond motifs is 4. The summed E-state index contributed by atoms with van der Waals surface area (Å²) in [4.78, 5) is 21.7. The van der Waals surface area contributed by atoms with Gasteiger partial charge in [-0.25, -0.2) is 13.1 Å². The van der Waals surface area contributed by atoms with Gasteiger partial charge in [-0.2, -0.15) is 0 Å². The molecule has 1 unspecified atom stereocenters. The highest BCUT2D eigenvalue weighted by molar-refractivity contribution is 7.90. The zero-order valence-electron chi connectivity index (χ0n) is 35.9. The summed E-state index contributed by atoms with van der Waals surface area (Å²) in [6, 6.07) is 12.6. The van der Waals surface area contributed by atoms with Gasteiger partial charge in [-0.15, -0.1) is 0 Å². The lowest BCUT2D eigenvalue weighted by Crippen LogP contribution is -2.64. The van der Waals surface area contributed by atoms with E-state index in [9.17, 15) is 13.2 Å². The SMILES string of the molecule is CCO[C@]1(CN2CCN(C(C)C)[C@H](C)C2)/C=C/C[C@H](C)[C@@H](CCOC)S(=O)(=O)NC(=O)c2ccc3c(c2)N(CC2(C)CC[C@H]21)C[C@@]1(CCCc2cc(Cl)ccc21)CO3. The zero-order chi connectivity index (χ0) is 41.5. The number of hydrogen-bond acceptors (Lipinski definition) is 9. The molecule has 2 aliphatic carbocycles. The Balaban J connectivity index is 1.34. The van der Waals surface area contributed by atoms with Gasteiger partial charge in [0.15, 0.2) is 0 Å². The number of aryl methyl sites for hydroxylation is 1. The maximum Gasteiger partial charge on any atom is 0.264 e. The third-order valence-corrected chi connectivity index (χ3v) is 16.6. The molecule has 1 N–H and O–H groups in total. The van der Waals surface area contributed by atoms with E-state index in [2.05, 4.69) is 78.3 Å². The number of nitrogens with zero attached hydrogens (tertiary/aromatic N) is 3. The molecule has 3 heterocycles. The summed E-state index contributed by atoms with van der Waals surface area (Å²) >= 11 is 6.56. The Morgan fingerprint density at radius 2 is 1.90 bits per heavy atom. The van der Waals surface area contributed by atoms with E-state index in [1.54, 1.807) is 13.2 Å². The number of methoxy groups -OCH3 is 1. The molecule has 2 fully saturated rings. The second-order valence-electron chi connectivity index (χ2n) is 18.7. The lowest BCUT2D eigenvalue weighted by Gasteiger charge is -2.58. The Morgan fingerprint density at radius 3 is 2.60 bits per heavy atom. The summed E-state index contributed by atoms with van der Waals surface area (Å²) in [6.45, 7) is 19.9. The molecule has 7 atom stereocenters. The van der Waals surface area contributed by atoms with Crippen LogP contribution in [0.5, 0.6) is 5.75 Å². The van der Waals surface area contributed by atoms with E-state index < -0.39 is 26.8 Å². The van der Waals surface area contributed by atoms with Crippen LogP contribution in [-0.4, -0.2) is 113 Å². The largest absolute Gasteiger partial charge is 0.490 e. The highest BCUT2D eigenvalue weighted by Crippen LogP contribution is 2.56. The molecular formula is C46H67ClN4O6S. The fraction of sp³-hybridized carbons (Fsp3) is 0.674. The molecule has 0 radical (unpaired) electrons. The summed E-state index contributed by atoms with van der Waals surface area (Å²) in [6.07, 6.45) is 10.3. The van der Waals surface area contributed by atoms with E-state index in [0.717, 1.165) is 75.5 Å². The van der Waals surface area contributed by atoms with E-state index >= 15 is 0 Å². The van der Waals surface area contributed by atoms with Crippen molar-refractivity contribution >= 4 is 33.2 Å². The monoisotopic (exact) mass is 838 g/mol. The van der Waals surface area contributed by atoms with E-state index in [-0.39, 0.29) is 35.7 Å². The van der Waals surface area contributed by atoms with E-state index in [4.69, 9.17) is 25.8 Å². The number of rotatable bonds is 8. The normalized spacial score (nSPS) is 33.7. The van der Waals surface area contributed by atoms with Crippen LogP contribution in [0.3, 0.4) is 0 Å². The first kappa shape index (κ1) is 43.4. The van der Waals surface area contributed by atoms with Crippen molar-refractivity contribution in [1.29, 1.82) is 0 Å². The first-order chi connectivity index (χ1) is 27.6. The van der Waals surface area contributed by atoms with Crippen LogP contribution in [0.25, 0.3) is 0 Å². The van der Waals surface area contributed by atoms with Gasteiger partial charge < -0.3 is 19.1 Å². The second-order valence-corrected chi connectivity index (χ2v) is 21.1. The Hall–Kier alpha value is -2.67. The summed E-state index contributed by atoms with van der Waals surface area (Å²) in [5.41, 5.74) is 2.63. The number of halogens is 1. The van der Waals surface area contributed by atoms with Gasteiger partial charge in [-0.1, -0.05) is 43.7 Å². The van der Waals surface area contributed by atoms with Gasteiger partial charge in [0.25, 0.3) is 5.91 Å². The van der Waals surface area contributed by atoms with Crippen LogP contribution in [-0.2, 0) is 31.3 Å². The van der Waals surface area contributed by atoms with Crippen LogP contribution >= 0.6 is 11.6 Å². The van der Waals surface area contributed by atoms with Gasteiger partial charge in [0.05, 0.1) is 17.5 Å². The van der Waals surface area contributed by atoms with Crippen molar-refractivity contribution < 1.29 is 27.4 Å². The number of ether oxygens (including phenoxy) is 3. The third-order valence-electron chi connectivity index (χ3n) is 14.4. The molecule has 2 aromatic rings. The van der Waals surface area contributed by atoms with Crippen LogP contribution in [0.4, 0.5) is 5.69 Å². The molecule has 58 heavy (non-hydrogen) atoms. The summed E-state index contributed by atoms with van der Waals surface area (Å²) in [5, 5.41) is -0.0944. The predicted octanol–water partition coefficient (Wildman–Crippen LogP) is 7.48. The summed E-state index contributed by atoms with van der Waals surface area (Å²) in [5.74, 6) is -0.0194. The van der Waals surface area contributed by atoms with Gasteiger partial charge in [0.2, 0.25) is 10.0 Å². The van der Waals surface area contributed by atoms with Crippen molar-refractivity contribution in [3.05, 3.63) is 70.3 Å². The molecule has 0 aromatic heterocycles. The minimum absolute atomic E-state index is 0.142. The second kappa shape index (κ2) is 17.4. The van der Waals surface area contributed by atoms with Crippen molar-refractivity contribution in [2.45, 2.75) is 115 Å². The summed E-state index contributed by atoms with van der Waals surface area (Å²) < 4.78 is 50.1. The van der Waals surface area contributed by atoms with E-state index in [0.29, 0.717) is 49.6 Å². The molecule has 2 bridgehead atoms. The number of carbonyl (C=O) groups excluding carboxylic acids is 1. The molecule has 12 heteroatoms. The van der Waals surface area contributed by atoms with Gasteiger partial charge in [-0.3, -0.25) is 14.6 Å². The fourth-order valence-corrected chi connectivity index (χ4v) is 13.3. The average molecular weight is 840 g/mol. The molecule has 1 saturated carbocycles. The molecule has 10 nitrogen and oxygen atoms in total. The van der Waals surface area contributed by atoms with Gasteiger partial charge in [0, 0.05) is 87.7 Å². The van der Waals surface area contributed by atoms with Crippen molar-refractivity contribution in [1.82, 2.24) is 14.5 Å². The fourth-order valence-electron chi connectivity index (χ4n) is 11.4. The molecule has 7 rings (SSSR count). The first-order valence-electron chi connectivity index (χ1n) is 21.8. The highest BCUT2D eigenvalue weighted by Gasteiger charge is 2.56. The third kappa shape index (κ3) is 8.60. The lowest BCUT2D eigenvalue weighted by atomic mass is 9.54. The minimum Gasteiger partial charge on any atom is -0.490 e.